The van der Waals surface area contributed by atoms with E-state index in [1.54, 1.807) is 0 Å². The van der Waals surface area contributed by atoms with Gasteiger partial charge >= 0.3 is 6.03 Å². The van der Waals surface area contributed by atoms with Crippen LogP contribution in [0.5, 0.6) is 5.75 Å². The van der Waals surface area contributed by atoms with Crippen LogP contribution in [-0.2, 0) is 10.1 Å². The number of hydrogen-bond donors (Lipinski definition) is 3. The summed E-state index contributed by atoms with van der Waals surface area (Å²) in [4.78, 5) is 11.6. The van der Waals surface area contributed by atoms with Crippen molar-refractivity contribution >= 4 is 21.8 Å². The number of carbonyl (C=O) groups excluding carboxylic acids is 1. The fourth-order valence-electron chi connectivity index (χ4n) is 2.36. The number of urea groups is 1. The number of ether oxygens (including phenoxy) is 1. The van der Waals surface area contributed by atoms with Crippen LogP contribution in [0, 0.1) is 13.8 Å². The molecule has 2 rings (SSSR count). The monoisotopic (exact) mass is 378 g/mol. The second-order valence-electron chi connectivity index (χ2n) is 5.80. The first-order chi connectivity index (χ1) is 12.3. The maximum absolute atomic E-state index is 11.8. The summed E-state index contributed by atoms with van der Waals surface area (Å²) in [5.41, 5.74) is 2.56. The number of hydrogen-bond acceptors (Lipinski definition) is 4. The highest BCUT2D eigenvalue weighted by Crippen LogP contribution is 2.22. The normalized spacial score (nSPS) is 11.0. The molecule has 2 aromatic carbocycles. The Balaban J connectivity index is 1.72. The Morgan fingerprint density at radius 2 is 1.69 bits per heavy atom. The lowest BCUT2D eigenvalue weighted by molar-refractivity contribution is 0.250. The molecule has 0 bridgehead atoms. The smallest absolute Gasteiger partial charge is 0.319 e. The molecule has 3 N–H and O–H groups in total. The molecule has 0 atom stereocenters. The van der Waals surface area contributed by atoms with Gasteiger partial charge in [-0.1, -0.05) is 18.2 Å². The number of benzene rings is 2. The van der Waals surface area contributed by atoms with Gasteiger partial charge in [-0.05, 0) is 55.7 Å². The number of carbonyl (C=O) groups is 1. The van der Waals surface area contributed by atoms with Crippen molar-refractivity contribution in [2.75, 3.05) is 18.5 Å². The standard InChI is InChI=1S/C18H22N2O5S/c1-13-5-3-6-14(2)17(13)25-12-4-11-19-18(21)20-15-7-9-16(10-8-15)26(22,23)24/h3,5-10H,4,11-12H2,1-2H3,(H2,19,20,21)(H,22,23,24). The number of nitrogens with one attached hydrogen (secondary N) is 2. The van der Waals surface area contributed by atoms with Gasteiger partial charge in [0.1, 0.15) is 5.75 Å². The largest absolute Gasteiger partial charge is 0.493 e. The predicted molar refractivity (Wildman–Crippen MR) is 99.3 cm³/mol. The number of rotatable bonds is 7. The summed E-state index contributed by atoms with van der Waals surface area (Å²) in [7, 11) is -4.24. The lowest BCUT2D eigenvalue weighted by Crippen LogP contribution is -2.30. The SMILES string of the molecule is Cc1cccc(C)c1OCCCNC(=O)Nc1ccc(S(=O)(=O)O)cc1. The van der Waals surface area contributed by atoms with Gasteiger partial charge in [0.05, 0.1) is 11.5 Å². The van der Waals surface area contributed by atoms with E-state index in [0.717, 1.165) is 16.9 Å². The van der Waals surface area contributed by atoms with Crippen molar-refractivity contribution in [1.29, 1.82) is 0 Å². The zero-order valence-electron chi connectivity index (χ0n) is 14.7. The minimum atomic E-state index is -4.24. The van der Waals surface area contributed by atoms with Crippen molar-refractivity contribution in [3.05, 3.63) is 53.6 Å². The highest BCUT2D eigenvalue weighted by molar-refractivity contribution is 7.85. The van der Waals surface area contributed by atoms with Gasteiger partial charge in [0.15, 0.2) is 0 Å². The minimum Gasteiger partial charge on any atom is -0.493 e. The molecular formula is C18H22N2O5S. The van der Waals surface area contributed by atoms with E-state index in [4.69, 9.17) is 9.29 Å². The minimum absolute atomic E-state index is 0.230. The zero-order valence-corrected chi connectivity index (χ0v) is 15.5. The average molecular weight is 378 g/mol. The van der Waals surface area contributed by atoms with Gasteiger partial charge in [-0.25, -0.2) is 4.79 Å². The lowest BCUT2D eigenvalue weighted by atomic mass is 10.1. The molecule has 2 aromatic rings. The Bertz CT molecular complexity index is 843. The molecule has 2 amide bonds. The first-order valence-corrected chi connectivity index (χ1v) is 9.53. The Morgan fingerprint density at radius 3 is 2.27 bits per heavy atom. The summed E-state index contributed by atoms with van der Waals surface area (Å²) in [6.45, 7) is 4.89. The van der Waals surface area contributed by atoms with Crippen LogP contribution in [-0.4, -0.2) is 32.2 Å². The maximum atomic E-state index is 11.8. The Hall–Kier alpha value is -2.58. The quantitative estimate of drug-likeness (QED) is 0.507. The van der Waals surface area contributed by atoms with E-state index in [9.17, 15) is 13.2 Å². The van der Waals surface area contributed by atoms with Crippen LogP contribution in [0.4, 0.5) is 10.5 Å². The van der Waals surface area contributed by atoms with E-state index in [0.29, 0.717) is 25.3 Å². The summed E-state index contributed by atoms with van der Waals surface area (Å²) in [5, 5.41) is 5.27. The summed E-state index contributed by atoms with van der Waals surface area (Å²) in [5.74, 6) is 0.871. The van der Waals surface area contributed by atoms with Crippen molar-refractivity contribution in [1.82, 2.24) is 5.32 Å². The van der Waals surface area contributed by atoms with Gasteiger partial charge in [-0.2, -0.15) is 8.42 Å². The van der Waals surface area contributed by atoms with E-state index in [1.165, 1.54) is 24.3 Å². The number of anilines is 1. The molecule has 0 aliphatic heterocycles. The molecule has 0 aliphatic carbocycles. The van der Waals surface area contributed by atoms with Gasteiger partial charge in [0.25, 0.3) is 10.1 Å². The topological polar surface area (TPSA) is 105 Å². The Labute approximate surface area is 153 Å². The molecule has 0 fully saturated rings. The van der Waals surface area contributed by atoms with Crippen molar-refractivity contribution < 1.29 is 22.5 Å². The van der Waals surface area contributed by atoms with Gasteiger partial charge in [-0.15, -0.1) is 0 Å². The van der Waals surface area contributed by atoms with Gasteiger partial charge in [0, 0.05) is 12.2 Å². The van der Waals surface area contributed by atoms with Crippen LogP contribution in [0.2, 0.25) is 0 Å². The van der Waals surface area contributed by atoms with Crippen molar-refractivity contribution in [3.63, 3.8) is 0 Å². The fraction of sp³-hybridized carbons (Fsp3) is 0.278. The van der Waals surface area contributed by atoms with Crippen LogP contribution in [0.15, 0.2) is 47.4 Å². The third kappa shape index (κ3) is 5.75. The highest BCUT2D eigenvalue weighted by Gasteiger charge is 2.09. The molecule has 0 radical (unpaired) electrons. The van der Waals surface area contributed by atoms with E-state index >= 15 is 0 Å². The maximum Gasteiger partial charge on any atom is 0.319 e. The molecule has 0 aliphatic rings. The van der Waals surface area contributed by atoms with Crippen LogP contribution in [0.1, 0.15) is 17.5 Å². The van der Waals surface area contributed by atoms with Gasteiger partial charge < -0.3 is 15.4 Å². The molecule has 8 heteroatoms. The first-order valence-electron chi connectivity index (χ1n) is 8.09. The summed E-state index contributed by atoms with van der Waals surface area (Å²) < 4.78 is 36.6. The van der Waals surface area contributed by atoms with E-state index in [1.807, 2.05) is 32.0 Å². The molecule has 0 aromatic heterocycles. The summed E-state index contributed by atoms with van der Waals surface area (Å²) >= 11 is 0. The Morgan fingerprint density at radius 1 is 1.08 bits per heavy atom. The van der Waals surface area contributed by atoms with Gasteiger partial charge in [0.2, 0.25) is 0 Å². The average Bonchev–Trinajstić information content (AvgIpc) is 2.56. The molecule has 140 valence electrons. The van der Waals surface area contributed by atoms with Crippen LogP contribution in [0.3, 0.4) is 0 Å². The first kappa shape index (κ1) is 19.7. The van der Waals surface area contributed by atoms with Crippen LogP contribution >= 0.6 is 0 Å². The second-order valence-corrected chi connectivity index (χ2v) is 7.22. The highest BCUT2D eigenvalue weighted by atomic mass is 32.2. The van der Waals surface area contributed by atoms with E-state index in [2.05, 4.69) is 10.6 Å². The number of amides is 2. The molecule has 0 unspecified atom stereocenters. The predicted octanol–water partition coefficient (Wildman–Crippen LogP) is 3.14. The molecule has 0 saturated carbocycles. The van der Waals surface area contributed by atoms with Crippen LogP contribution < -0.4 is 15.4 Å². The van der Waals surface area contributed by atoms with Crippen molar-refractivity contribution in [2.24, 2.45) is 0 Å². The number of aryl methyl sites for hydroxylation is 2. The molecule has 26 heavy (non-hydrogen) atoms. The number of para-hydroxylation sites is 1. The third-order valence-electron chi connectivity index (χ3n) is 3.67. The lowest BCUT2D eigenvalue weighted by Gasteiger charge is -2.12. The summed E-state index contributed by atoms with van der Waals surface area (Å²) in [6, 6.07) is 10.8. The third-order valence-corrected chi connectivity index (χ3v) is 4.54. The van der Waals surface area contributed by atoms with Crippen molar-refractivity contribution in [2.45, 2.75) is 25.2 Å². The molecule has 0 saturated heterocycles. The van der Waals surface area contributed by atoms with E-state index in [-0.39, 0.29) is 4.90 Å². The molecule has 7 nitrogen and oxygen atoms in total. The second kappa shape index (κ2) is 8.68. The molecule has 0 spiro atoms. The van der Waals surface area contributed by atoms with Crippen molar-refractivity contribution in [3.8, 4) is 5.75 Å². The fourth-order valence-corrected chi connectivity index (χ4v) is 2.84. The Kier molecular flexibility index (Phi) is 6.59. The van der Waals surface area contributed by atoms with Crippen LogP contribution in [0.25, 0.3) is 0 Å². The zero-order chi connectivity index (χ0) is 19.2. The molecule has 0 heterocycles. The summed E-state index contributed by atoms with van der Waals surface area (Å²) in [6.07, 6.45) is 0.642. The van der Waals surface area contributed by atoms with Gasteiger partial charge in [-0.3, -0.25) is 4.55 Å². The van der Waals surface area contributed by atoms with E-state index < -0.39 is 16.1 Å². The molecular weight excluding hydrogens is 356 g/mol.